The smallest absolute Gasteiger partial charge is 0.389 e. The SMILES string of the molecule is CCC1CCCC(C(C)(O)CCCC(F)(F)F)C1. The highest BCUT2D eigenvalue weighted by atomic mass is 19.4. The van der Waals surface area contributed by atoms with Crippen LogP contribution in [0.1, 0.15) is 65.2 Å². The summed E-state index contributed by atoms with van der Waals surface area (Å²) >= 11 is 0. The molecule has 18 heavy (non-hydrogen) atoms. The van der Waals surface area contributed by atoms with Crippen LogP contribution in [0.3, 0.4) is 0 Å². The van der Waals surface area contributed by atoms with Crippen LogP contribution < -0.4 is 0 Å². The van der Waals surface area contributed by atoms with E-state index < -0.39 is 18.2 Å². The van der Waals surface area contributed by atoms with E-state index in [1.165, 1.54) is 6.42 Å². The topological polar surface area (TPSA) is 20.2 Å². The van der Waals surface area contributed by atoms with Crippen LogP contribution >= 0.6 is 0 Å². The molecule has 0 aromatic heterocycles. The molecule has 3 atom stereocenters. The lowest BCUT2D eigenvalue weighted by Crippen LogP contribution is -2.38. The van der Waals surface area contributed by atoms with Gasteiger partial charge in [0.05, 0.1) is 5.60 Å². The summed E-state index contributed by atoms with van der Waals surface area (Å²) in [5, 5.41) is 10.4. The molecule has 1 aliphatic rings. The third kappa shape index (κ3) is 5.17. The van der Waals surface area contributed by atoms with Gasteiger partial charge in [-0.3, -0.25) is 0 Å². The maximum absolute atomic E-state index is 12.1. The van der Waals surface area contributed by atoms with Gasteiger partial charge in [0.15, 0.2) is 0 Å². The van der Waals surface area contributed by atoms with Crippen LogP contribution in [-0.4, -0.2) is 16.9 Å². The summed E-state index contributed by atoms with van der Waals surface area (Å²) in [5.41, 5.74) is -0.931. The quantitative estimate of drug-likeness (QED) is 0.765. The molecule has 4 heteroatoms. The van der Waals surface area contributed by atoms with Crippen molar-refractivity contribution in [3.63, 3.8) is 0 Å². The van der Waals surface area contributed by atoms with Gasteiger partial charge in [-0.05, 0) is 44.4 Å². The normalized spacial score (nSPS) is 29.0. The third-order valence-corrected chi connectivity index (χ3v) is 4.38. The van der Waals surface area contributed by atoms with Crippen LogP contribution in [-0.2, 0) is 0 Å². The highest BCUT2D eigenvalue weighted by Crippen LogP contribution is 2.39. The summed E-state index contributed by atoms with van der Waals surface area (Å²) in [6, 6.07) is 0. The van der Waals surface area contributed by atoms with Crippen LogP contribution in [0.25, 0.3) is 0 Å². The van der Waals surface area contributed by atoms with E-state index in [4.69, 9.17) is 0 Å². The van der Waals surface area contributed by atoms with Crippen molar-refractivity contribution in [3.8, 4) is 0 Å². The Morgan fingerprint density at radius 2 is 1.83 bits per heavy atom. The third-order valence-electron chi connectivity index (χ3n) is 4.38. The van der Waals surface area contributed by atoms with Crippen molar-refractivity contribution in [2.75, 3.05) is 0 Å². The highest BCUT2D eigenvalue weighted by Gasteiger charge is 2.36. The van der Waals surface area contributed by atoms with Gasteiger partial charge in [-0.2, -0.15) is 13.2 Å². The average molecular weight is 266 g/mol. The number of rotatable bonds is 5. The predicted molar refractivity (Wildman–Crippen MR) is 66.3 cm³/mol. The van der Waals surface area contributed by atoms with E-state index in [0.717, 1.165) is 25.7 Å². The fourth-order valence-electron chi connectivity index (χ4n) is 3.08. The van der Waals surface area contributed by atoms with Crippen LogP contribution in [0.2, 0.25) is 0 Å². The maximum atomic E-state index is 12.1. The molecule has 3 unspecified atom stereocenters. The monoisotopic (exact) mass is 266 g/mol. The van der Waals surface area contributed by atoms with Crippen molar-refractivity contribution < 1.29 is 18.3 Å². The molecular weight excluding hydrogens is 241 g/mol. The van der Waals surface area contributed by atoms with Crippen LogP contribution in [0.4, 0.5) is 13.2 Å². The van der Waals surface area contributed by atoms with Crippen molar-refractivity contribution in [1.29, 1.82) is 0 Å². The lowest BCUT2D eigenvalue weighted by molar-refractivity contribution is -0.139. The van der Waals surface area contributed by atoms with Crippen molar-refractivity contribution >= 4 is 0 Å². The molecule has 0 amide bonds. The highest BCUT2D eigenvalue weighted by molar-refractivity contribution is 4.86. The number of halogens is 3. The Morgan fingerprint density at radius 3 is 2.39 bits per heavy atom. The molecule has 1 saturated carbocycles. The van der Waals surface area contributed by atoms with E-state index in [0.29, 0.717) is 5.92 Å². The zero-order valence-electron chi connectivity index (χ0n) is 11.4. The molecule has 108 valence electrons. The molecule has 0 saturated heterocycles. The fraction of sp³-hybridized carbons (Fsp3) is 1.00. The summed E-state index contributed by atoms with van der Waals surface area (Å²) in [4.78, 5) is 0. The lowest BCUT2D eigenvalue weighted by atomic mass is 9.71. The first-order chi connectivity index (χ1) is 8.24. The van der Waals surface area contributed by atoms with E-state index in [2.05, 4.69) is 6.92 Å². The van der Waals surface area contributed by atoms with Crippen molar-refractivity contribution in [2.45, 2.75) is 77.0 Å². The van der Waals surface area contributed by atoms with Gasteiger partial charge in [-0.25, -0.2) is 0 Å². The van der Waals surface area contributed by atoms with E-state index in [1.54, 1.807) is 6.92 Å². The Balaban J connectivity index is 2.42. The number of aliphatic hydroxyl groups is 1. The van der Waals surface area contributed by atoms with Crippen LogP contribution in [0, 0.1) is 11.8 Å². The summed E-state index contributed by atoms with van der Waals surface area (Å²) in [5.74, 6) is 0.808. The van der Waals surface area contributed by atoms with Gasteiger partial charge < -0.3 is 5.11 Å². The molecule has 0 aliphatic heterocycles. The van der Waals surface area contributed by atoms with Gasteiger partial charge in [-0.15, -0.1) is 0 Å². The first-order valence-electron chi connectivity index (χ1n) is 7.03. The van der Waals surface area contributed by atoms with Crippen LogP contribution in [0.15, 0.2) is 0 Å². The summed E-state index contributed by atoms with van der Waals surface area (Å²) < 4.78 is 36.3. The molecule has 0 aromatic rings. The summed E-state index contributed by atoms with van der Waals surface area (Å²) in [6.45, 7) is 3.86. The second-order valence-electron chi connectivity index (χ2n) is 5.96. The second kappa shape index (κ2) is 6.27. The van der Waals surface area contributed by atoms with Gasteiger partial charge in [-0.1, -0.05) is 26.2 Å². The van der Waals surface area contributed by atoms with E-state index >= 15 is 0 Å². The van der Waals surface area contributed by atoms with Gasteiger partial charge in [0.2, 0.25) is 0 Å². The Kier molecular flexibility index (Phi) is 5.50. The molecule has 0 aromatic carbocycles. The second-order valence-corrected chi connectivity index (χ2v) is 5.96. The fourth-order valence-corrected chi connectivity index (χ4v) is 3.08. The largest absolute Gasteiger partial charge is 0.390 e. The minimum absolute atomic E-state index is 0.0315. The van der Waals surface area contributed by atoms with E-state index in [-0.39, 0.29) is 18.8 Å². The van der Waals surface area contributed by atoms with Crippen molar-refractivity contribution in [2.24, 2.45) is 11.8 Å². The number of hydrogen-bond donors (Lipinski definition) is 1. The Labute approximate surface area is 108 Å². The molecule has 0 heterocycles. The molecular formula is C14H25F3O. The number of hydrogen-bond acceptors (Lipinski definition) is 1. The van der Waals surface area contributed by atoms with Gasteiger partial charge in [0.25, 0.3) is 0 Å². The zero-order chi connectivity index (χ0) is 13.8. The molecule has 1 rings (SSSR count). The van der Waals surface area contributed by atoms with Crippen LogP contribution in [0.5, 0.6) is 0 Å². The lowest BCUT2D eigenvalue weighted by Gasteiger charge is -2.38. The molecule has 0 bridgehead atoms. The molecule has 0 spiro atoms. The average Bonchev–Trinajstić information content (AvgIpc) is 2.27. The standard InChI is InChI=1S/C14H25F3O/c1-3-11-6-4-7-12(10-11)13(2,18)8-5-9-14(15,16)17/h11-12,18H,3-10H2,1-2H3. The molecule has 1 N–H and O–H groups in total. The Hall–Kier alpha value is -0.250. The molecule has 1 aliphatic carbocycles. The Bertz CT molecular complexity index is 248. The Morgan fingerprint density at radius 1 is 1.17 bits per heavy atom. The van der Waals surface area contributed by atoms with Crippen molar-refractivity contribution in [1.82, 2.24) is 0 Å². The molecule has 1 fully saturated rings. The van der Waals surface area contributed by atoms with E-state index in [1.807, 2.05) is 0 Å². The molecule has 0 radical (unpaired) electrons. The predicted octanol–water partition coefficient (Wildman–Crippen LogP) is 4.69. The van der Waals surface area contributed by atoms with Gasteiger partial charge >= 0.3 is 6.18 Å². The minimum Gasteiger partial charge on any atom is -0.390 e. The summed E-state index contributed by atoms with van der Waals surface area (Å²) in [6.07, 6.45) is 0.726. The maximum Gasteiger partial charge on any atom is 0.389 e. The van der Waals surface area contributed by atoms with E-state index in [9.17, 15) is 18.3 Å². The minimum atomic E-state index is -4.10. The summed E-state index contributed by atoms with van der Waals surface area (Å²) in [7, 11) is 0. The first-order valence-corrected chi connectivity index (χ1v) is 7.03. The number of alkyl halides is 3. The van der Waals surface area contributed by atoms with Gasteiger partial charge in [0.1, 0.15) is 0 Å². The van der Waals surface area contributed by atoms with Gasteiger partial charge in [0, 0.05) is 6.42 Å². The first kappa shape index (κ1) is 15.8. The zero-order valence-corrected chi connectivity index (χ0v) is 11.4. The molecule has 1 nitrogen and oxygen atoms in total. The van der Waals surface area contributed by atoms with Crippen molar-refractivity contribution in [3.05, 3.63) is 0 Å².